The molecule has 2 aromatic carbocycles. The van der Waals surface area contributed by atoms with Gasteiger partial charge in [-0.3, -0.25) is 14.9 Å². The third-order valence-electron chi connectivity index (χ3n) is 3.07. The number of nitro groups is 1. The summed E-state index contributed by atoms with van der Waals surface area (Å²) in [5.41, 5.74) is 2.92. The van der Waals surface area contributed by atoms with Gasteiger partial charge in [0.1, 0.15) is 0 Å². The van der Waals surface area contributed by atoms with Crippen LogP contribution in [0.5, 0.6) is 11.5 Å². The number of hydrogen-bond donors (Lipinski definition) is 2. The molecule has 2 rings (SSSR count). The fourth-order valence-corrected chi connectivity index (χ4v) is 2.12. The van der Waals surface area contributed by atoms with Gasteiger partial charge < -0.3 is 9.84 Å². The van der Waals surface area contributed by atoms with Crippen LogP contribution in [0.25, 0.3) is 0 Å². The molecule has 0 saturated carbocycles. The number of nitrogens with one attached hydrogen (secondary N) is 1. The Kier molecular flexibility index (Phi) is 5.91. The van der Waals surface area contributed by atoms with Crippen LogP contribution in [0.3, 0.4) is 0 Å². The first kappa shape index (κ1) is 18.2. The summed E-state index contributed by atoms with van der Waals surface area (Å²) in [4.78, 5) is 21.9. The fourth-order valence-electron chi connectivity index (χ4n) is 1.90. The molecule has 0 aromatic heterocycles. The molecule has 8 nitrogen and oxygen atoms in total. The van der Waals surface area contributed by atoms with Gasteiger partial charge in [0.2, 0.25) is 0 Å². The normalized spacial score (nSPS) is 10.6. The number of benzene rings is 2. The second kappa shape index (κ2) is 8.11. The second-order valence-electron chi connectivity index (χ2n) is 4.79. The monoisotopic (exact) mass is 363 g/mol. The summed E-state index contributed by atoms with van der Waals surface area (Å²) in [6.07, 6.45) is 1.33. The Morgan fingerprint density at radius 2 is 2.08 bits per heavy atom. The van der Waals surface area contributed by atoms with Gasteiger partial charge in [0.25, 0.3) is 11.6 Å². The Balaban J connectivity index is 2.07. The largest absolute Gasteiger partial charge is 0.503 e. The number of hydrogen-bond acceptors (Lipinski definition) is 6. The van der Waals surface area contributed by atoms with E-state index in [9.17, 15) is 20.0 Å². The topological polar surface area (TPSA) is 114 Å². The van der Waals surface area contributed by atoms with Crippen LogP contribution in [0.2, 0.25) is 5.02 Å². The van der Waals surface area contributed by atoms with Crippen molar-refractivity contribution in [3.63, 3.8) is 0 Å². The molecule has 0 aliphatic heterocycles. The van der Waals surface area contributed by atoms with Crippen LogP contribution >= 0.6 is 11.6 Å². The van der Waals surface area contributed by atoms with E-state index in [2.05, 4.69) is 10.5 Å². The van der Waals surface area contributed by atoms with Gasteiger partial charge in [-0.2, -0.15) is 5.10 Å². The number of ether oxygens (including phenoxy) is 1. The number of phenols is 1. The van der Waals surface area contributed by atoms with Gasteiger partial charge in [-0.15, -0.1) is 0 Å². The van der Waals surface area contributed by atoms with Crippen molar-refractivity contribution in [2.75, 3.05) is 6.61 Å². The van der Waals surface area contributed by atoms with Crippen LogP contribution in [0.4, 0.5) is 5.69 Å². The molecule has 0 bridgehead atoms. The summed E-state index contributed by atoms with van der Waals surface area (Å²) < 4.78 is 5.25. The average Bonchev–Trinajstić information content (AvgIpc) is 2.59. The van der Waals surface area contributed by atoms with Gasteiger partial charge in [0.15, 0.2) is 11.5 Å². The Hall–Kier alpha value is -3.13. The molecule has 2 N–H and O–H groups in total. The van der Waals surface area contributed by atoms with Gasteiger partial charge in [0, 0.05) is 17.7 Å². The number of amides is 1. The number of rotatable bonds is 6. The van der Waals surface area contributed by atoms with Crippen molar-refractivity contribution in [3.05, 3.63) is 62.7 Å². The molecule has 0 spiro atoms. The predicted octanol–water partition coefficient (Wildman–Crippen LogP) is 3.12. The van der Waals surface area contributed by atoms with Crippen molar-refractivity contribution in [1.29, 1.82) is 0 Å². The molecule has 0 heterocycles. The lowest BCUT2D eigenvalue weighted by atomic mass is 10.2. The van der Waals surface area contributed by atoms with Crippen LogP contribution in [0.1, 0.15) is 22.8 Å². The molecule has 9 heteroatoms. The molecule has 0 unspecified atom stereocenters. The summed E-state index contributed by atoms with van der Waals surface area (Å²) in [6.45, 7) is 2.11. The van der Waals surface area contributed by atoms with Crippen molar-refractivity contribution in [1.82, 2.24) is 5.43 Å². The molecule has 2 aromatic rings. The summed E-state index contributed by atoms with van der Waals surface area (Å²) in [5, 5.41) is 24.2. The zero-order valence-corrected chi connectivity index (χ0v) is 13.9. The number of nitrogens with zero attached hydrogens (tertiary/aromatic N) is 2. The van der Waals surface area contributed by atoms with Gasteiger partial charge in [0.05, 0.1) is 22.8 Å². The summed E-state index contributed by atoms with van der Waals surface area (Å²) in [5.74, 6) is -0.491. The summed E-state index contributed by atoms with van der Waals surface area (Å²) in [6, 6.07) is 8.09. The fraction of sp³-hybridized carbons (Fsp3) is 0.125. The van der Waals surface area contributed by atoms with Crippen molar-refractivity contribution >= 4 is 29.4 Å². The Morgan fingerprint density at radius 1 is 1.40 bits per heavy atom. The molecular weight excluding hydrogens is 350 g/mol. The standard InChI is InChI=1S/C16H14ClN3O5/c1-2-25-14-8-10(7-13(17)15(14)21)9-18-19-16(22)11-3-5-12(6-4-11)20(23)24/h3-9,21H,2H2,1H3,(H,19,22)/b18-9+. The highest BCUT2D eigenvalue weighted by atomic mass is 35.5. The Bertz CT molecular complexity index is 821. The van der Waals surface area contributed by atoms with Crippen molar-refractivity contribution in [2.45, 2.75) is 6.92 Å². The van der Waals surface area contributed by atoms with E-state index in [-0.39, 0.29) is 27.8 Å². The number of phenolic OH excluding ortho intramolecular Hbond substituents is 1. The average molecular weight is 364 g/mol. The van der Waals surface area contributed by atoms with Gasteiger partial charge in [-0.1, -0.05) is 11.6 Å². The molecule has 0 fully saturated rings. The van der Waals surface area contributed by atoms with Gasteiger partial charge in [-0.25, -0.2) is 5.43 Å². The third-order valence-corrected chi connectivity index (χ3v) is 3.36. The van der Waals surface area contributed by atoms with E-state index >= 15 is 0 Å². The van der Waals surface area contributed by atoms with E-state index in [1.165, 1.54) is 42.6 Å². The Morgan fingerprint density at radius 3 is 2.68 bits per heavy atom. The summed E-state index contributed by atoms with van der Waals surface area (Å²) in [7, 11) is 0. The van der Waals surface area contributed by atoms with Gasteiger partial charge in [-0.05, 0) is 36.8 Å². The molecule has 25 heavy (non-hydrogen) atoms. The molecule has 130 valence electrons. The van der Waals surface area contributed by atoms with Crippen LogP contribution in [0, 0.1) is 10.1 Å². The maximum Gasteiger partial charge on any atom is 0.271 e. The van der Waals surface area contributed by atoms with Crippen LogP contribution < -0.4 is 10.2 Å². The summed E-state index contributed by atoms with van der Waals surface area (Å²) >= 11 is 5.90. The second-order valence-corrected chi connectivity index (χ2v) is 5.19. The number of hydrazone groups is 1. The number of halogens is 1. The zero-order valence-electron chi connectivity index (χ0n) is 13.1. The molecule has 0 atom stereocenters. The minimum atomic E-state index is -0.551. The number of carbonyl (C=O) groups excluding carboxylic acids is 1. The molecule has 0 aliphatic carbocycles. The van der Waals surface area contributed by atoms with E-state index in [1.807, 2.05) is 0 Å². The molecule has 0 radical (unpaired) electrons. The number of nitro benzene ring substituents is 1. The first-order chi connectivity index (χ1) is 11.9. The van der Waals surface area contributed by atoms with Crippen LogP contribution in [-0.2, 0) is 0 Å². The molecule has 1 amide bonds. The van der Waals surface area contributed by atoms with E-state index in [0.717, 1.165) is 0 Å². The number of non-ortho nitro benzene ring substituents is 1. The van der Waals surface area contributed by atoms with Crippen molar-refractivity contribution in [2.24, 2.45) is 5.10 Å². The maximum absolute atomic E-state index is 11.9. The third kappa shape index (κ3) is 4.67. The molecular formula is C16H14ClN3O5. The highest BCUT2D eigenvalue weighted by molar-refractivity contribution is 6.32. The van der Waals surface area contributed by atoms with E-state index < -0.39 is 10.8 Å². The van der Waals surface area contributed by atoms with E-state index in [0.29, 0.717) is 12.2 Å². The van der Waals surface area contributed by atoms with Crippen LogP contribution in [-0.4, -0.2) is 28.8 Å². The smallest absolute Gasteiger partial charge is 0.271 e. The van der Waals surface area contributed by atoms with Crippen LogP contribution in [0.15, 0.2) is 41.5 Å². The molecule has 0 saturated heterocycles. The van der Waals surface area contributed by atoms with Crippen molar-refractivity contribution in [3.8, 4) is 11.5 Å². The first-order valence-corrected chi connectivity index (χ1v) is 7.53. The highest BCUT2D eigenvalue weighted by Gasteiger charge is 2.10. The minimum absolute atomic E-state index is 0.0918. The SMILES string of the molecule is CCOc1cc(/C=N/NC(=O)c2ccc([N+](=O)[O-])cc2)cc(Cl)c1O. The minimum Gasteiger partial charge on any atom is -0.503 e. The van der Waals surface area contributed by atoms with Gasteiger partial charge >= 0.3 is 0 Å². The zero-order chi connectivity index (χ0) is 18.4. The van der Waals surface area contributed by atoms with Crippen molar-refractivity contribution < 1.29 is 19.6 Å². The highest BCUT2D eigenvalue weighted by Crippen LogP contribution is 2.34. The van der Waals surface area contributed by atoms with E-state index in [4.69, 9.17) is 16.3 Å². The molecule has 0 aliphatic rings. The number of carbonyl (C=O) groups is 1. The maximum atomic E-state index is 11.9. The van der Waals surface area contributed by atoms with E-state index in [1.54, 1.807) is 6.92 Å². The first-order valence-electron chi connectivity index (χ1n) is 7.15. The lowest BCUT2D eigenvalue weighted by Crippen LogP contribution is -2.17. The lowest BCUT2D eigenvalue weighted by Gasteiger charge is -2.08. The lowest BCUT2D eigenvalue weighted by molar-refractivity contribution is -0.384. The quantitative estimate of drug-likeness (QED) is 0.465. The Labute approximate surface area is 147 Å². The predicted molar refractivity (Wildman–Crippen MR) is 92.4 cm³/mol. The number of aromatic hydroxyl groups is 1.